The van der Waals surface area contributed by atoms with Crippen molar-refractivity contribution in [2.45, 2.75) is 16.3 Å². The van der Waals surface area contributed by atoms with Crippen LogP contribution < -0.4 is 24.2 Å². The number of rotatable bonds is 9. The van der Waals surface area contributed by atoms with Crippen LogP contribution in [0.1, 0.15) is 0 Å². The van der Waals surface area contributed by atoms with Crippen molar-refractivity contribution in [2.75, 3.05) is 33.6 Å². The average Bonchev–Trinajstić information content (AvgIpc) is 3.14. The number of nitrogens with zero attached hydrogens (tertiary/aromatic N) is 1. The Kier molecular flexibility index (Phi) is 7.36. The third-order valence-corrected chi connectivity index (χ3v) is 7.31. The molecule has 0 aliphatic rings. The number of carbonyl (C=O) groups is 1. The molecule has 1 aromatic heterocycles. The minimum absolute atomic E-state index is 0.156. The van der Waals surface area contributed by atoms with Gasteiger partial charge in [-0.05, 0) is 14.1 Å². The van der Waals surface area contributed by atoms with Crippen LogP contribution in [0.3, 0.4) is 0 Å². The number of amides is 1. The van der Waals surface area contributed by atoms with E-state index in [1.54, 1.807) is 0 Å². The van der Waals surface area contributed by atoms with E-state index in [0.29, 0.717) is 5.75 Å². The first-order chi connectivity index (χ1) is 14.0. The molecule has 2 rings (SSSR count). The molecule has 14 heteroatoms. The Hall–Kier alpha value is -2.32. The maximum atomic E-state index is 12.5. The van der Waals surface area contributed by atoms with Crippen LogP contribution in [0.4, 0.5) is 5.69 Å². The summed E-state index contributed by atoms with van der Waals surface area (Å²) in [5.41, 5.74) is 0.184. The molecule has 0 unspecified atom stereocenters. The molecule has 1 aromatic carbocycles. The van der Waals surface area contributed by atoms with E-state index in [9.17, 15) is 21.6 Å². The SMILES string of the molecule is CNS(=O)(=O)c1cn(CC(=O)Nc2c(Cl)cc(OC)cc2OC)cc1S(=O)(=O)NC. The Balaban J connectivity index is 2.38. The fourth-order valence-corrected chi connectivity index (χ4v) is 5.01. The van der Waals surface area contributed by atoms with Crippen molar-refractivity contribution < 1.29 is 31.1 Å². The molecular weight excluding hydrogens is 460 g/mol. The fraction of sp³-hybridized carbons (Fsp3) is 0.312. The van der Waals surface area contributed by atoms with Crippen LogP contribution in [0.2, 0.25) is 5.02 Å². The van der Waals surface area contributed by atoms with E-state index in [1.165, 1.54) is 26.4 Å². The first-order valence-electron chi connectivity index (χ1n) is 8.27. The summed E-state index contributed by atoms with van der Waals surface area (Å²) < 4.78 is 64.3. The predicted molar refractivity (Wildman–Crippen MR) is 110 cm³/mol. The van der Waals surface area contributed by atoms with Gasteiger partial charge in [-0.2, -0.15) is 0 Å². The Morgan fingerprint density at radius 2 is 1.53 bits per heavy atom. The van der Waals surface area contributed by atoms with Gasteiger partial charge in [-0.3, -0.25) is 4.79 Å². The number of halogens is 1. The molecular formula is C16H21ClN4O7S2. The van der Waals surface area contributed by atoms with Crippen LogP contribution in [0.15, 0.2) is 34.3 Å². The summed E-state index contributed by atoms with van der Waals surface area (Å²) in [5, 5.41) is 2.72. The van der Waals surface area contributed by atoms with Gasteiger partial charge in [0.2, 0.25) is 26.0 Å². The second-order valence-corrected chi connectivity index (χ2v) is 9.93. The number of sulfonamides is 2. The molecule has 0 aliphatic heterocycles. The van der Waals surface area contributed by atoms with E-state index >= 15 is 0 Å². The number of benzene rings is 1. The third-order valence-electron chi connectivity index (χ3n) is 4.00. The van der Waals surface area contributed by atoms with Crippen LogP contribution in [-0.4, -0.2) is 55.6 Å². The quantitative estimate of drug-likeness (QED) is 0.476. The van der Waals surface area contributed by atoms with Crippen molar-refractivity contribution in [3.05, 3.63) is 29.5 Å². The third kappa shape index (κ3) is 5.05. The molecule has 30 heavy (non-hydrogen) atoms. The zero-order valence-electron chi connectivity index (χ0n) is 16.5. The molecule has 0 aliphatic carbocycles. The molecule has 0 spiro atoms. The highest BCUT2D eigenvalue weighted by Crippen LogP contribution is 2.36. The monoisotopic (exact) mass is 480 g/mol. The highest BCUT2D eigenvalue weighted by Gasteiger charge is 2.28. The standard InChI is InChI=1S/C16H21ClN4O7S2/c1-18-29(23,24)13-7-21(8-14(13)30(25,26)19-2)9-15(22)20-16-11(17)5-10(27-3)6-12(16)28-4/h5-8,18-19H,9H2,1-4H3,(H,20,22). The molecule has 3 N–H and O–H groups in total. The van der Waals surface area contributed by atoms with Crippen molar-refractivity contribution in [1.29, 1.82) is 0 Å². The Labute approximate surface area is 179 Å². The Morgan fingerprint density at radius 3 is 1.97 bits per heavy atom. The molecule has 11 nitrogen and oxygen atoms in total. The summed E-state index contributed by atoms with van der Waals surface area (Å²) in [5.74, 6) is 0.0679. The Bertz CT molecular complexity index is 1110. The van der Waals surface area contributed by atoms with E-state index in [1.807, 2.05) is 0 Å². The highest BCUT2D eigenvalue weighted by molar-refractivity contribution is 7.92. The predicted octanol–water partition coefficient (Wildman–Crippen LogP) is 0.614. The lowest BCUT2D eigenvalue weighted by Crippen LogP contribution is -2.24. The van der Waals surface area contributed by atoms with Gasteiger partial charge < -0.3 is 19.4 Å². The molecule has 0 radical (unpaired) electrons. The normalized spacial score (nSPS) is 11.9. The topological polar surface area (TPSA) is 145 Å². The maximum Gasteiger partial charge on any atom is 0.244 e. The number of carbonyl (C=O) groups excluding carboxylic acids is 1. The maximum absolute atomic E-state index is 12.5. The van der Waals surface area contributed by atoms with Gasteiger partial charge in [0.15, 0.2) is 0 Å². The van der Waals surface area contributed by atoms with Gasteiger partial charge in [0.25, 0.3) is 0 Å². The van der Waals surface area contributed by atoms with Crippen LogP contribution in [-0.2, 0) is 31.4 Å². The summed E-state index contributed by atoms with van der Waals surface area (Å²) in [6.07, 6.45) is 2.09. The van der Waals surface area contributed by atoms with Gasteiger partial charge in [-0.15, -0.1) is 0 Å². The van der Waals surface area contributed by atoms with E-state index in [-0.39, 0.29) is 16.5 Å². The number of methoxy groups -OCH3 is 2. The first-order valence-corrected chi connectivity index (χ1v) is 11.6. The van der Waals surface area contributed by atoms with Gasteiger partial charge in [0.1, 0.15) is 33.5 Å². The van der Waals surface area contributed by atoms with Crippen molar-refractivity contribution in [3.8, 4) is 11.5 Å². The molecule has 0 bridgehead atoms. The van der Waals surface area contributed by atoms with E-state index in [0.717, 1.165) is 31.1 Å². The zero-order valence-corrected chi connectivity index (χ0v) is 18.9. The minimum atomic E-state index is -4.10. The summed E-state index contributed by atoms with van der Waals surface area (Å²) in [4.78, 5) is 11.5. The number of hydrogen-bond donors (Lipinski definition) is 3. The highest BCUT2D eigenvalue weighted by atomic mass is 35.5. The van der Waals surface area contributed by atoms with E-state index in [4.69, 9.17) is 21.1 Å². The molecule has 1 amide bonds. The van der Waals surface area contributed by atoms with Crippen LogP contribution in [0.5, 0.6) is 11.5 Å². The fourth-order valence-electron chi connectivity index (χ4n) is 2.48. The van der Waals surface area contributed by atoms with Crippen LogP contribution in [0.25, 0.3) is 0 Å². The molecule has 0 saturated carbocycles. The lowest BCUT2D eigenvalue weighted by Gasteiger charge is -2.14. The number of hydrogen-bond acceptors (Lipinski definition) is 7. The van der Waals surface area contributed by atoms with Crippen LogP contribution >= 0.6 is 11.6 Å². The van der Waals surface area contributed by atoms with Crippen molar-refractivity contribution in [3.63, 3.8) is 0 Å². The largest absolute Gasteiger partial charge is 0.497 e. The Morgan fingerprint density at radius 1 is 1.00 bits per heavy atom. The summed E-state index contributed by atoms with van der Waals surface area (Å²) in [7, 11) is -3.07. The molecule has 1 heterocycles. The second kappa shape index (κ2) is 9.22. The number of ether oxygens (including phenoxy) is 2. The first kappa shape index (κ1) is 24.0. The van der Waals surface area contributed by atoms with Crippen LogP contribution in [0, 0.1) is 0 Å². The van der Waals surface area contributed by atoms with Gasteiger partial charge in [-0.1, -0.05) is 11.6 Å². The number of nitrogens with one attached hydrogen (secondary N) is 3. The average molecular weight is 481 g/mol. The molecule has 2 aromatic rings. The van der Waals surface area contributed by atoms with Crippen molar-refractivity contribution in [2.24, 2.45) is 0 Å². The minimum Gasteiger partial charge on any atom is -0.497 e. The van der Waals surface area contributed by atoms with Gasteiger partial charge in [0.05, 0.1) is 19.2 Å². The number of aromatic nitrogens is 1. The van der Waals surface area contributed by atoms with E-state index < -0.39 is 42.3 Å². The molecule has 0 atom stereocenters. The molecule has 0 saturated heterocycles. The smallest absolute Gasteiger partial charge is 0.244 e. The number of anilines is 1. The lowest BCUT2D eigenvalue weighted by atomic mass is 10.2. The van der Waals surface area contributed by atoms with Gasteiger partial charge in [0, 0.05) is 24.5 Å². The molecule has 0 fully saturated rings. The summed E-state index contributed by atoms with van der Waals surface area (Å²) in [6.45, 7) is -0.392. The second-order valence-electron chi connectivity index (χ2n) is 5.81. The van der Waals surface area contributed by atoms with E-state index in [2.05, 4.69) is 14.8 Å². The van der Waals surface area contributed by atoms with Crippen molar-refractivity contribution in [1.82, 2.24) is 14.0 Å². The van der Waals surface area contributed by atoms with Gasteiger partial charge in [-0.25, -0.2) is 26.3 Å². The molecule has 166 valence electrons. The summed E-state index contributed by atoms with van der Waals surface area (Å²) in [6, 6.07) is 3.00. The van der Waals surface area contributed by atoms with Crippen molar-refractivity contribution >= 4 is 43.2 Å². The zero-order chi connectivity index (χ0) is 22.7. The summed E-state index contributed by atoms with van der Waals surface area (Å²) >= 11 is 6.17. The lowest BCUT2D eigenvalue weighted by molar-refractivity contribution is -0.116. The van der Waals surface area contributed by atoms with Gasteiger partial charge >= 0.3 is 0 Å².